The van der Waals surface area contributed by atoms with Crippen molar-refractivity contribution >= 4 is 55.9 Å². The summed E-state index contributed by atoms with van der Waals surface area (Å²) in [5.41, 5.74) is 10.9. The molecule has 2 heterocycles. The number of nitrogens with one attached hydrogen (secondary N) is 2. The lowest BCUT2D eigenvalue weighted by molar-refractivity contribution is 0.669. The molecule has 2 N–H and O–H groups in total. The van der Waals surface area contributed by atoms with E-state index in [2.05, 4.69) is 40.9 Å². The van der Waals surface area contributed by atoms with Crippen LogP contribution in [0.3, 0.4) is 0 Å². The lowest BCUT2D eigenvalue weighted by Gasteiger charge is -2.17. The van der Waals surface area contributed by atoms with Crippen LogP contribution in [0, 0.1) is 5.41 Å². The van der Waals surface area contributed by atoms with E-state index in [1.54, 1.807) is 0 Å². The molecule has 1 aliphatic rings. The second-order valence-electron chi connectivity index (χ2n) is 11.6. The normalized spacial score (nSPS) is 13.4. The Labute approximate surface area is 275 Å². The van der Waals surface area contributed by atoms with Gasteiger partial charge in [0.2, 0.25) is 0 Å². The Morgan fingerprint density at radius 1 is 0.542 bits per heavy atom. The zero-order chi connectivity index (χ0) is 32.0. The summed E-state index contributed by atoms with van der Waals surface area (Å²) in [4.78, 5) is 15.0. The highest BCUT2D eigenvalue weighted by Crippen LogP contribution is 2.34. The van der Waals surface area contributed by atoms with Crippen molar-refractivity contribution in [2.24, 2.45) is 5.10 Å². The molecule has 0 spiro atoms. The number of para-hydroxylation sites is 2. The molecule has 48 heavy (non-hydrogen) atoms. The number of fused-ring (bicyclic) bond motifs is 6. The summed E-state index contributed by atoms with van der Waals surface area (Å²) in [6.07, 6.45) is 3.88. The number of furan rings is 1. The van der Waals surface area contributed by atoms with Gasteiger partial charge < -0.3 is 4.42 Å². The van der Waals surface area contributed by atoms with E-state index in [9.17, 15) is 5.41 Å². The van der Waals surface area contributed by atoms with Crippen LogP contribution in [0.25, 0.3) is 73.0 Å². The van der Waals surface area contributed by atoms with Crippen molar-refractivity contribution < 1.29 is 4.42 Å². The number of allylic oxidation sites excluding steroid dienone is 1. The van der Waals surface area contributed by atoms with Crippen molar-refractivity contribution in [3.8, 4) is 34.2 Å². The second kappa shape index (κ2) is 11.3. The maximum atomic E-state index is 9.18. The minimum Gasteiger partial charge on any atom is -0.456 e. The predicted molar refractivity (Wildman–Crippen MR) is 194 cm³/mol. The monoisotopic (exact) mass is 618 g/mol. The molecule has 0 saturated carbocycles. The number of hydrogen-bond donors (Lipinski definition) is 2. The molecular formula is C41H26N6O. The van der Waals surface area contributed by atoms with E-state index in [4.69, 9.17) is 19.4 Å². The van der Waals surface area contributed by atoms with Crippen LogP contribution in [-0.2, 0) is 0 Å². The van der Waals surface area contributed by atoms with E-state index < -0.39 is 0 Å². The van der Waals surface area contributed by atoms with E-state index in [1.807, 2.05) is 115 Å². The summed E-state index contributed by atoms with van der Waals surface area (Å²) in [7, 11) is 0. The van der Waals surface area contributed by atoms with Crippen LogP contribution < -0.4 is 5.43 Å². The fourth-order valence-corrected chi connectivity index (χ4v) is 6.22. The first-order valence-corrected chi connectivity index (χ1v) is 15.6. The molecule has 7 nitrogen and oxygen atoms in total. The molecule has 7 heteroatoms. The van der Waals surface area contributed by atoms with E-state index in [0.29, 0.717) is 28.9 Å². The van der Waals surface area contributed by atoms with Gasteiger partial charge in [-0.25, -0.2) is 15.0 Å². The van der Waals surface area contributed by atoms with Gasteiger partial charge in [-0.15, -0.1) is 0 Å². The van der Waals surface area contributed by atoms with Crippen molar-refractivity contribution in [3.63, 3.8) is 0 Å². The number of benzene rings is 6. The lowest BCUT2D eigenvalue weighted by atomic mass is 9.88. The van der Waals surface area contributed by atoms with Crippen molar-refractivity contribution in [2.45, 2.75) is 0 Å². The lowest BCUT2D eigenvalue weighted by Crippen LogP contribution is -2.18. The average molecular weight is 619 g/mol. The average Bonchev–Trinajstić information content (AvgIpc) is 3.53. The highest BCUT2D eigenvalue weighted by atomic mass is 16.3. The summed E-state index contributed by atoms with van der Waals surface area (Å²) in [6, 6.07) is 44.1. The number of nitrogens with zero attached hydrogens (tertiary/aromatic N) is 4. The summed E-state index contributed by atoms with van der Waals surface area (Å²) in [5.74, 6) is 1.70. The number of anilines is 1. The fraction of sp³-hybridized carbons (Fsp3) is 0. The molecule has 0 unspecified atom stereocenters. The molecule has 226 valence electrons. The number of hydrazone groups is 1. The zero-order valence-electron chi connectivity index (χ0n) is 25.6. The maximum Gasteiger partial charge on any atom is 0.164 e. The van der Waals surface area contributed by atoms with Gasteiger partial charge in [0.1, 0.15) is 16.9 Å². The van der Waals surface area contributed by atoms with Crippen LogP contribution in [0.15, 0.2) is 149 Å². The fourth-order valence-electron chi connectivity index (χ4n) is 6.22. The van der Waals surface area contributed by atoms with Gasteiger partial charge in [0.25, 0.3) is 0 Å². The van der Waals surface area contributed by atoms with Gasteiger partial charge in [-0.05, 0) is 64.9 Å². The molecule has 9 rings (SSSR count). The Bertz CT molecular complexity index is 2600. The van der Waals surface area contributed by atoms with Gasteiger partial charge in [-0.2, -0.15) is 5.10 Å². The quantitative estimate of drug-likeness (QED) is 0.187. The Balaban J connectivity index is 1.18. The van der Waals surface area contributed by atoms with Crippen LogP contribution in [0.5, 0.6) is 0 Å². The Morgan fingerprint density at radius 2 is 1.17 bits per heavy atom. The molecular weight excluding hydrogens is 592 g/mol. The summed E-state index contributed by atoms with van der Waals surface area (Å²) >= 11 is 0. The topological polar surface area (TPSA) is 100 Å². The molecule has 0 radical (unpaired) electrons. The molecule has 0 aliphatic heterocycles. The van der Waals surface area contributed by atoms with E-state index in [1.165, 1.54) is 0 Å². The van der Waals surface area contributed by atoms with Crippen LogP contribution in [0.4, 0.5) is 5.69 Å². The Morgan fingerprint density at radius 3 is 1.96 bits per heavy atom. The second-order valence-corrected chi connectivity index (χ2v) is 11.6. The van der Waals surface area contributed by atoms with Crippen LogP contribution in [0.2, 0.25) is 0 Å². The first-order chi connectivity index (χ1) is 23.7. The van der Waals surface area contributed by atoms with Gasteiger partial charge >= 0.3 is 0 Å². The molecule has 8 aromatic rings. The van der Waals surface area contributed by atoms with Crippen LogP contribution in [0.1, 0.15) is 11.1 Å². The third-order valence-corrected chi connectivity index (χ3v) is 8.62. The highest BCUT2D eigenvalue weighted by molar-refractivity contribution is 6.55. The third-order valence-electron chi connectivity index (χ3n) is 8.62. The number of rotatable bonds is 5. The van der Waals surface area contributed by atoms with Gasteiger partial charge in [0.05, 0.1) is 11.4 Å². The van der Waals surface area contributed by atoms with Crippen molar-refractivity contribution in [2.75, 3.05) is 5.43 Å². The molecule has 6 aromatic carbocycles. The summed E-state index contributed by atoms with van der Waals surface area (Å²) in [6.45, 7) is 0. The smallest absolute Gasteiger partial charge is 0.164 e. The first kappa shape index (κ1) is 27.6. The van der Waals surface area contributed by atoms with Gasteiger partial charge in [0.15, 0.2) is 17.5 Å². The maximum absolute atomic E-state index is 9.18. The van der Waals surface area contributed by atoms with Crippen molar-refractivity contribution in [1.82, 2.24) is 15.0 Å². The van der Waals surface area contributed by atoms with Crippen molar-refractivity contribution in [1.29, 1.82) is 5.41 Å². The van der Waals surface area contributed by atoms with Gasteiger partial charge in [-0.1, -0.05) is 97.1 Å². The molecule has 0 bridgehead atoms. The van der Waals surface area contributed by atoms with Crippen LogP contribution >= 0.6 is 0 Å². The Hall–Kier alpha value is -6.73. The SMILES string of the molecule is N=C1/C(=N\Nc2ccccc2)C=Cc2ccc3ccc(-c4nc(-c5ccccc5)nc(-c5ccc6oc7ccccc7c6c5)n4)cc3c21. The van der Waals surface area contributed by atoms with Crippen molar-refractivity contribution in [3.05, 3.63) is 151 Å². The highest BCUT2D eigenvalue weighted by Gasteiger charge is 2.21. The standard InChI is InChI=1S/C41H26N6O/c42-38-34(47-46-30-11-5-2-6-12-30)21-19-26-17-15-25-16-18-28(23-32(25)37(26)38)40-43-39(27-9-3-1-4-10-27)44-41(45-40)29-20-22-36-33(24-29)31-13-7-8-14-35(31)48-36/h1-24,42,46H/b42-38?,47-34-. The largest absolute Gasteiger partial charge is 0.456 e. The summed E-state index contributed by atoms with van der Waals surface area (Å²) < 4.78 is 6.08. The molecule has 0 atom stereocenters. The van der Waals surface area contributed by atoms with Gasteiger partial charge in [0, 0.05) is 33.0 Å². The number of hydrogen-bond acceptors (Lipinski definition) is 7. The first-order valence-electron chi connectivity index (χ1n) is 15.6. The Kier molecular flexibility index (Phi) is 6.47. The molecule has 1 aliphatic carbocycles. The minimum absolute atomic E-state index is 0.348. The third kappa shape index (κ3) is 4.82. The molecule has 2 aromatic heterocycles. The van der Waals surface area contributed by atoms with Gasteiger partial charge in [-0.3, -0.25) is 10.8 Å². The molecule has 0 fully saturated rings. The van der Waals surface area contributed by atoms with E-state index in [0.717, 1.165) is 66.2 Å². The minimum atomic E-state index is 0.348. The van der Waals surface area contributed by atoms with Crippen LogP contribution in [-0.4, -0.2) is 26.4 Å². The zero-order valence-corrected chi connectivity index (χ0v) is 25.6. The van der Waals surface area contributed by atoms with E-state index >= 15 is 0 Å². The summed E-state index contributed by atoms with van der Waals surface area (Å²) in [5, 5.41) is 17.7. The molecule has 0 amide bonds. The molecule has 0 saturated heterocycles. The van der Waals surface area contributed by atoms with E-state index in [-0.39, 0.29) is 0 Å². The number of aromatic nitrogens is 3. The predicted octanol–water partition coefficient (Wildman–Crippen LogP) is 9.79.